The van der Waals surface area contributed by atoms with Crippen molar-refractivity contribution in [2.24, 2.45) is 0 Å². The van der Waals surface area contributed by atoms with Crippen molar-refractivity contribution in [3.8, 4) is 5.75 Å². The molecule has 0 aliphatic carbocycles. The first kappa shape index (κ1) is 20.9. The van der Waals surface area contributed by atoms with Gasteiger partial charge in [-0.25, -0.2) is 4.79 Å². The maximum atomic E-state index is 12.0. The molecular formula is C17H22O7S. The molecule has 0 bridgehead atoms. The van der Waals surface area contributed by atoms with Crippen LogP contribution in [0.2, 0.25) is 0 Å². The third-order valence-corrected chi connectivity index (χ3v) is 4.47. The Hall–Kier alpha value is -2.19. The van der Waals surface area contributed by atoms with Gasteiger partial charge in [-0.1, -0.05) is 6.58 Å². The van der Waals surface area contributed by atoms with E-state index in [-0.39, 0.29) is 24.4 Å². The molecule has 0 radical (unpaired) electrons. The Kier molecular flexibility index (Phi) is 7.79. The van der Waals surface area contributed by atoms with Crippen molar-refractivity contribution in [2.45, 2.75) is 20.3 Å². The normalized spacial score (nSPS) is 11.0. The molecule has 0 fully saturated rings. The zero-order valence-electron chi connectivity index (χ0n) is 14.5. The molecule has 0 spiro atoms. The van der Waals surface area contributed by atoms with Gasteiger partial charge in [0.2, 0.25) is 0 Å². The molecule has 0 atom stereocenters. The number of rotatable bonds is 10. The monoisotopic (exact) mass is 370 g/mol. The van der Waals surface area contributed by atoms with E-state index in [1.165, 1.54) is 14.0 Å². The van der Waals surface area contributed by atoms with Crippen LogP contribution < -0.4 is 4.74 Å². The van der Waals surface area contributed by atoms with E-state index >= 15 is 0 Å². The van der Waals surface area contributed by atoms with E-state index in [9.17, 15) is 18.0 Å². The van der Waals surface area contributed by atoms with Crippen LogP contribution >= 0.6 is 0 Å². The second kappa shape index (κ2) is 9.33. The van der Waals surface area contributed by atoms with Gasteiger partial charge in [-0.15, -0.1) is 0 Å². The fraction of sp³-hybridized carbons (Fsp3) is 0.412. The number of hydrogen-bond acceptors (Lipinski definition) is 7. The Bertz CT molecular complexity index is 750. The number of aryl methyl sites for hydroxylation is 1. The molecule has 0 aromatic heterocycles. The van der Waals surface area contributed by atoms with Gasteiger partial charge >= 0.3 is 5.97 Å². The van der Waals surface area contributed by atoms with E-state index in [0.717, 1.165) is 5.56 Å². The lowest BCUT2D eigenvalue weighted by Crippen LogP contribution is -2.18. The van der Waals surface area contributed by atoms with Crippen LogP contribution in [0.4, 0.5) is 0 Å². The molecular weight excluding hydrogens is 348 g/mol. The Morgan fingerprint density at radius 3 is 2.48 bits per heavy atom. The van der Waals surface area contributed by atoms with Gasteiger partial charge in [0, 0.05) is 11.1 Å². The van der Waals surface area contributed by atoms with Crippen LogP contribution in [0.1, 0.15) is 29.3 Å². The van der Waals surface area contributed by atoms with Gasteiger partial charge in [-0.05, 0) is 44.0 Å². The number of ether oxygens (including phenoxy) is 2. The molecule has 1 rings (SSSR count). The molecule has 0 N–H and O–H groups in total. The summed E-state index contributed by atoms with van der Waals surface area (Å²) in [5.74, 6) is -0.758. The van der Waals surface area contributed by atoms with E-state index in [1.54, 1.807) is 25.1 Å². The second-order valence-corrected chi connectivity index (χ2v) is 7.16. The van der Waals surface area contributed by atoms with E-state index in [4.69, 9.17) is 13.7 Å². The molecule has 0 amide bonds. The van der Waals surface area contributed by atoms with Gasteiger partial charge in [0.25, 0.3) is 10.1 Å². The summed E-state index contributed by atoms with van der Waals surface area (Å²) >= 11 is 0. The number of carbonyl (C=O) groups is 2. The highest BCUT2D eigenvalue weighted by Gasteiger charge is 2.16. The molecule has 1 aromatic carbocycles. The van der Waals surface area contributed by atoms with Gasteiger partial charge in [-0.3, -0.25) is 8.98 Å². The molecule has 1 aromatic rings. The van der Waals surface area contributed by atoms with E-state index in [1.807, 2.05) is 0 Å². The van der Waals surface area contributed by atoms with Gasteiger partial charge in [0.05, 0.1) is 19.5 Å². The largest absolute Gasteiger partial charge is 0.496 e. The maximum Gasteiger partial charge on any atom is 0.333 e. The van der Waals surface area contributed by atoms with Crippen LogP contribution in [0.15, 0.2) is 30.4 Å². The van der Waals surface area contributed by atoms with Gasteiger partial charge in [0.15, 0.2) is 5.78 Å². The highest BCUT2D eigenvalue weighted by molar-refractivity contribution is 7.86. The minimum Gasteiger partial charge on any atom is -0.496 e. The van der Waals surface area contributed by atoms with Crippen molar-refractivity contribution in [2.75, 3.05) is 26.1 Å². The topological polar surface area (TPSA) is 96.0 Å². The van der Waals surface area contributed by atoms with Crippen molar-refractivity contribution in [3.63, 3.8) is 0 Å². The second-order valence-electron chi connectivity index (χ2n) is 5.40. The molecule has 0 heterocycles. The maximum absolute atomic E-state index is 12.0. The Balaban J connectivity index is 2.47. The number of benzene rings is 1. The number of esters is 1. The van der Waals surface area contributed by atoms with Gasteiger partial charge in [0.1, 0.15) is 12.4 Å². The van der Waals surface area contributed by atoms with Crippen molar-refractivity contribution in [1.82, 2.24) is 0 Å². The summed E-state index contributed by atoms with van der Waals surface area (Å²) in [5, 5.41) is 0. The SMILES string of the molecule is C=C(C)C(=O)OCCCS(=O)(=O)OCC(=O)c1ccc(OC)c(C)c1. The summed E-state index contributed by atoms with van der Waals surface area (Å²) < 4.78 is 38.1. The zero-order chi connectivity index (χ0) is 19.0. The molecule has 0 saturated carbocycles. The van der Waals surface area contributed by atoms with Crippen LogP contribution in [-0.4, -0.2) is 46.2 Å². The Morgan fingerprint density at radius 1 is 1.24 bits per heavy atom. The first-order valence-corrected chi connectivity index (χ1v) is 9.11. The average molecular weight is 370 g/mol. The molecule has 7 nitrogen and oxygen atoms in total. The van der Waals surface area contributed by atoms with Crippen LogP contribution in [0.3, 0.4) is 0 Å². The number of methoxy groups -OCH3 is 1. The smallest absolute Gasteiger partial charge is 0.333 e. The lowest BCUT2D eigenvalue weighted by Gasteiger charge is -2.08. The van der Waals surface area contributed by atoms with Gasteiger partial charge in [-0.2, -0.15) is 8.42 Å². The predicted molar refractivity (Wildman–Crippen MR) is 92.2 cm³/mol. The molecule has 0 aliphatic rings. The van der Waals surface area contributed by atoms with Crippen molar-refractivity contribution >= 4 is 21.9 Å². The predicted octanol–water partition coefficient (Wildman–Crippen LogP) is 2.04. The van der Waals surface area contributed by atoms with Crippen LogP contribution in [0.5, 0.6) is 5.75 Å². The average Bonchev–Trinajstić information content (AvgIpc) is 2.56. The van der Waals surface area contributed by atoms with E-state index in [2.05, 4.69) is 6.58 Å². The van der Waals surface area contributed by atoms with Crippen molar-refractivity contribution in [1.29, 1.82) is 0 Å². The van der Waals surface area contributed by atoms with E-state index in [0.29, 0.717) is 11.3 Å². The van der Waals surface area contributed by atoms with Crippen LogP contribution in [-0.2, 0) is 23.8 Å². The molecule has 138 valence electrons. The van der Waals surface area contributed by atoms with Crippen molar-refractivity contribution in [3.05, 3.63) is 41.5 Å². The minimum atomic E-state index is -3.89. The molecule has 8 heteroatoms. The quantitative estimate of drug-likeness (QED) is 0.204. The zero-order valence-corrected chi connectivity index (χ0v) is 15.4. The number of hydrogen-bond donors (Lipinski definition) is 0. The molecule has 0 aliphatic heterocycles. The first-order valence-electron chi connectivity index (χ1n) is 7.54. The van der Waals surface area contributed by atoms with Crippen LogP contribution in [0, 0.1) is 6.92 Å². The summed E-state index contributed by atoms with van der Waals surface area (Å²) in [5.41, 5.74) is 1.33. The number of carbonyl (C=O) groups excluding carboxylic acids is 2. The fourth-order valence-electron chi connectivity index (χ4n) is 1.86. The number of Topliss-reactive ketones (excluding diaryl/α,β-unsaturated/α-hetero) is 1. The Labute approximate surface area is 147 Å². The summed E-state index contributed by atoms with van der Waals surface area (Å²) in [6.45, 7) is 6.03. The van der Waals surface area contributed by atoms with Crippen molar-refractivity contribution < 1.29 is 31.7 Å². The lowest BCUT2D eigenvalue weighted by atomic mass is 10.1. The molecule has 0 saturated heterocycles. The fourth-order valence-corrected chi connectivity index (χ4v) is 2.74. The highest BCUT2D eigenvalue weighted by atomic mass is 32.2. The summed E-state index contributed by atoms with van der Waals surface area (Å²) in [4.78, 5) is 23.2. The van der Waals surface area contributed by atoms with E-state index < -0.39 is 28.5 Å². The minimum absolute atomic E-state index is 0.0667. The standard InChI is InChI=1S/C17H22O7S/c1-12(2)17(19)23-8-5-9-25(20,21)24-11-15(18)14-6-7-16(22-4)13(3)10-14/h6-7,10H,1,5,8-9,11H2,2-4H3. The summed E-state index contributed by atoms with van der Waals surface area (Å²) in [7, 11) is -2.36. The highest BCUT2D eigenvalue weighted by Crippen LogP contribution is 2.19. The summed E-state index contributed by atoms with van der Waals surface area (Å²) in [6, 6.07) is 4.78. The Morgan fingerprint density at radius 2 is 1.92 bits per heavy atom. The third kappa shape index (κ3) is 7.06. The van der Waals surface area contributed by atoms with Gasteiger partial charge < -0.3 is 9.47 Å². The summed E-state index contributed by atoms with van der Waals surface area (Å²) in [6.07, 6.45) is 0.0667. The third-order valence-electron chi connectivity index (χ3n) is 3.21. The number of ketones is 1. The molecule has 0 unspecified atom stereocenters. The van der Waals surface area contributed by atoms with Crippen LogP contribution in [0.25, 0.3) is 0 Å². The molecule has 25 heavy (non-hydrogen) atoms. The lowest BCUT2D eigenvalue weighted by molar-refractivity contribution is -0.138. The first-order chi connectivity index (χ1) is 11.7.